The number of rotatable bonds is 5. The summed E-state index contributed by atoms with van der Waals surface area (Å²) in [7, 11) is 1.82. The zero-order valence-corrected chi connectivity index (χ0v) is 11.2. The van der Waals surface area contributed by atoms with Crippen molar-refractivity contribution in [1.29, 1.82) is 0 Å². The molecule has 0 unspecified atom stereocenters. The fraction of sp³-hybridized carbons (Fsp3) is 0.692. The van der Waals surface area contributed by atoms with Gasteiger partial charge in [0.05, 0.1) is 5.69 Å². The zero-order valence-electron chi connectivity index (χ0n) is 11.2. The van der Waals surface area contributed by atoms with E-state index in [1.165, 1.54) is 6.42 Å². The highest BCUT2D eigenvalue weighted by Crippen LogP contribution is 2.26. The number of carbonyl (C=O) groups excluding carboxylic acids is 1. The van der Waals surface area contributed by atoms with Crippen LogP contribution in [0.5, 0.6) is 0 Å². The highest BCUT2D eigenvalue weighted by Gasteiger charge is 2.30. The van der Waals surface area contributed by atoms with Gasteiger partial charge in [0.1, 0.15) is 5.69 Å². The summed E-state index contributed by atoms with van der Waals surface area (Å²) in [6.45, 7) is 3.29. The molecular weight excluding hydrogens is 228 g/mol. The van der Waals surface area contributed by atoms with Gasteiger partial charge < -0.3 is 10.6 Å². The van der Waals surface area contributed by atoms with E-state index in [0.29, 0.717) is 18.3 Å². The molecule has 2 rings (SSSR count). The summed E-state index contributed by atoms with van der Waals surface area (Å²) < 4.78 is 1.67. The van der Waals surface area contributed by atoms with Crippen molar-refractivity contribution in [2.75, 3.05) is 13.1 Å². The Morgan fingerprint density at radius 3 is 2.78 bits per heavy atom. The molecule has 1 aliphatic carbocycles. The topological polar surface area (TPSA) is 64.2 Å². The van der Waals surface area contributed by atoms with E-state index in [4.69, 9.17) is 5.73 Å². The van der Waals surface area contributed by atoms with Crippen LogP contribution < -0.4 is 5.73 Å². The molecule has 0 saturated heterocycles. The summed E-state index contributed by atoms with van der Waals surface area (Å²) in [4.78, 5) is 14.5. The Hall–Kier alpha value is -1.36. The van der Waals surface area contributed by atoms with Crippen molar-refractivity contribution in [2.24, 2.45) is 12.8 Å². The van der Waals surface area contributed by atoms with Crippen LogP contribution in [0.4, 0.5) is 0 Å². The Bertz CT molecular complexity index is 423. The van der Waals surface area contributed by atoms with E-state index in [-0.39, 0.29) is 5.91 Å². The van der Waals surface area contributed by atoms with Gasteiger partial charge in [-0.25, -0.2) is 0 Å². The van der Waals surface area contributed by atoms with Gasteiger partial charge in [-0.15, -0.1) is 0 Å². The standard InChI is InChI=1S/C13H22N4O/c1-10-9-12(16(2)15-10)13(18)17(8-4-7-14)11-5-3-6-11/h9,11H,3-8,14H2,1-2H3. The third kappa shape index (κ3) is 2.56. The molecule has 0 spiro atoms. The second-order valence-electron chi connectivity index (χ2n) is 5.02. The summed E-state index contributed by atoms with van der Waals surface area (Å²) in [5, 5.41) is 4.24. The zero-order chi connectivity index (χ0) is 13.1. The van der Waals surface area contributed by atoms with Gasteiger partial charge >= 0.3 is 0 Å². The third-order valence-electron chi connectivity index (χ3n) is 3.60. The molecule has 1 aliphatic rings. The molecule has 1 aromatic rings. The average Bonchev–Trinajstić information content (AvgIpc) is 2.60. The molecule has 0 aromatic carbocycles. The largest absolute Gasteiger partial charge is 0.334 e. The summed E-state index contributed by atoms with van der Waals surface area (Å²) in [6.07, 6.45) is 4.32. The number of amides is 1. The van der Waals surface area contributed by atoms with Crippen LogP contribution in [0, 0.1) is 6.92 Å². The van der Waals surface area contributed by atoms with E-state index in [1.807, 2.05) is 24.9 Å². The maximum Gasteiger partial charge on any atom is 0.272 e. The number of nitrogens with zero attached hydrogens (tertiary/aromatic N) is 3. The first-order valence-corrected chi connectivity index (χ1v) is 6.65. The smallest absolute Gasteiger partial charge is 0.272 e. The van der Waals surface area contributed by atoms with E-state index < -0.39 is 0 Å². The van der Waals surface area contributed by atoms with Crippen molar-refractivity contribution >= 4 is 5.91 Å². The average molecular weight is 250 g/mol. The van der Waals surface area contributed by atoms with Gasteiger partial charge in [-0.1, -0.05) is 0 Å². The molecule has 1 amide bonds. The molecule has 5 nitrogen and oxygen atoms in total. The van der Waals surface area contributed by atoms with Crippen LogP contribution in [0.2, 0.25) is 0 Å². The molecule has 1 saturated carbocycles. The number of nitrogens with two attached hydrogens (primary N) is 1. The van der Waals surface area contributed by atoms with Crippen LogP contribution in [-0.4, -0.2) is 39.7 Å². The Morgan fingerprint density at radius 1 is 1.61 bits per heavy atom. The van der Waals surface area contributed by atoms with Crippen molar-refractivity contribution in [3.05, 3.63) is 17.5 Å². The maximum absolute atomic E-state index is 12.5. The SMILES string of the molecule is Cc1cc(C(=O)N(CCCN)C2CCC2)n(C)n1. The lowest BCUT2D eigenvalue weighted by molar-refractivity contribution is 0.0567. The highest BCUT2D eigenvalue weighted by molar-refractivity contribution is 5.93. The van der Waals surface area contributed by atoms with Crippen molar-refractivity contribution in [3.8, 4) is 0 Å². The first-order valence-electron chi connectivity index (χ1n) is 6.65. The summed E-state index contributed by atoms with van der Waals surface area (Å²) in [5.41, 5.74) is 7.11. The van der Waals surface area contributed by atoms with Gasteiger partial charge in [0.25, 0.3) is 5.91 Å². The van der Waals surface area contributed by atoms with Crippen molar-refractivity contribution < 1.29 is 4.79 Å². The van der Waals surface area contributed by atoms with E-state index in [1.54, 1.807) is 4.68 Å². The fourth-order valence-electron chi connectivity index (χ4n) is 2.37. The van der Waals surface area contributed by atoms with E-state index >= 15 is 0 Å². The molecule has 0 aliphatic heterocycles. The minimum absolute atomic E-state index is 0.0938. The molecule has 1 heterocycles. The van der Waals surface area contributed by atoms with Gasteiger partial charge in [0.2, 0.25) is 0 Å². The molecule has 100 valence electrons. The maximum atomic E-state index is 12.5. The molecule has 0 bridgehead atoms. The van der Waals surface area contributed by atoms with Gasteiger partial charge in [-0.2, -0.15) is 5.10 Å². The lowest BCUT2D eigenvalue weighted by atomic mass is 9.91. The van der Waals surface area contributed by atoms with Crippen molar-refractivity contribution in [3.63, 3.8) is 0 Å². The summed E-state index contributed by atoms with van der Waals surface area (Å²) in [6, 6.07) is 2.26. The van der Waals surface area contributed by atoms with E-state index in [2.05, 4.69) is 5.10 Å². The molecule has 0 atom stereocenters. The molecular formula is C13H22N4O. The molecule has 18 heavy (non-hydrogen) atoms. The van der Waals surface area contributed by atoms with Crippen LogP contribution in [-0.2, 0) is 7.05 Å². The highest BCUT2D eigenvalue weighted by atomic mass is 16.2. The molecule has 2 N–H and O–H groups in total. The van der Waals surface area contributed by atoms with Crippen LogP contribution in [0.3, 0.4) is 0 Å². The van der Waals surface area contributed by atoms with Crippen LogP contribution in [0.25, 0.3) is 0 Å². The second-order valence-corrected chi connectivity index (χ2v) is 5.02. The van der Waals surface area contributed by atoms with Crippen molar-refractivity contribution in [1.82, 2.24) is 14.7 Å². The molecule has 1 fully saturated rings. The summed E-state index contributed by atoms with van der Waals surface area (Å²) >= 11 is 0. The Morgan fingerprint density at radius 2 is 2.33 bits per heavy atom. The lowest BCUT2D eigenvalue weighted by Gasteiger charge is -2.37. The molecule has 5 heteroatoms. The Kier molecular flexibility index (Phi) is 4.01. The molecule has 0 radical (unpaired) electrons. The van der Waals surface area contributed by atoms with Gasteiger partial charge in [0.15, 0.2) is 0 Å². The first kappa shape index (κ1) is 13.1. The van der Waals surface area contributed by atoms with Crippen LogP contribution >= 0.6 is 0 Å². The summed E-state index contributed by atoms with van der Waals surface area (Å²) in [5.74, 6) is 0.0938. The minimum atomic E-state index is 0.0938. The van der Waals surface area contributed by atoms with Gasteiger partial charge in [-0.05, 0) is 45.2 Å². The number of hydrogen-bond acceptors (Lipinski definition) is 3. The first-order chi connectivity index (χ1) is 8.63. The number of aromatic nitrogens is 2. The van der Waals surface area contributed by atoms with E-state index in [0.717, 1.165) is 31.5 Å². The number of aryl methyl sites for hydroxylation is 2. The predicted octanol–water partition coefficient (Wildman–Crippen LogP) is 1.07. The van der Waals surface area contributed by atoms with Gasteiger partial charge in [0, 0.05) is 19.6 Å². The van der Waals surface area contributed by atoms with Crippen molar-refractivity contribution in [2.45, 2.75) is 38.6 Å². The van der Waals surface area contributed by atoms with Crippen LogP contribution in [0.15, 0.2) is 6.07 Å². The predicted molar refractivity (Wildman–Crippen MR) is 70.3 cm³/mol. The van der Waals surface area contributed by atoms with E-state index in [9.17, 15) is 4.79 Å². The monoisotopic (exact) mass is 250 g/mol. The fourth-order valence-corrected chi connectivity index (χ4v) is 2.37. The quantitative estimate of drug-likeness (QED) is 0.850. The second kappa shape index (κ2) is 5.52. The Labute approximate surface area is 108 Å². The van der Waals surface area contributed by atoms with Gasteiger partial charge in [-0.3, -0.25) is 9.48 Å². The normalized spacial score (nSPS) is 15.5. The number of carbonyl (C=O) groups is 1. The minimum Gasteiger partial charge on any atom is -0.334 e. The van der Waals surface area contributed by atoms with Crippen LogP contribution in [0.1, 0.15) is 41.9 Å². The number of hydrogen-bond donors (Lipinski definition) is 1. The lowest BCUT2D eigenvalue weighted by Crippen LogP contribution is -2.45. The third-order valence-corrected chi connectivity index (χ3v) is 3.60. The Balaban J connectivity index is 2.13. The molecule has 1 aromatic heterocycles.